The molecule has 1 aromatic carbocycles. The summed E-state index contributed by atoms with van der Waals surface area (Å²) in [4.78, 5) is 41.2. The smallest absolute Gasteiger partial charge is 0.319 e. The fourth-order valence-electron chi connectivity index (χ4n) is 2.94. The Morgan fingerprint density at radius 3 is 2.63 bits per heavy atom. The lowest BCUT2D eigenvalue weighted by atomic mass is 10.2. The van der Waals surface area contributed by atoms with Crippen LogP contribution in [0.3, 0.4) is 0 Å². The minimum Gasteiger partial charge on any atom is -0.481 e. The van der Waals surface area contributed by atoms with E-state index in [0.29, 0.717) is 36.8 Å². The third-order valence-corrected chi connectivity index (χ3v) is 5.31. The number of hydrogen-bond acceptors (Lipinski definition) is 6. The van der Waals surface area contributed by atoms with Gasteiger partial charge in [-0.1, -0.05) is 42.3 Å². The highest BCUT2D eigenvalue weighted by Gasteiger charge is 2.20. The zero-order valence-electron chi connectivity index (χ0n) is 19.5. The summed E-state index contributed by atoms with van der Waals surface area (Å²) in [5.74, 6) is -1.06. The summed E-state index contributed by atoms with van der Waals surface area (Å²) >= 11 is 11.9. The SMILES string of the molecule is CCC(Oc1ncc(Cl)cc1Cl)C(=O)NCc1cccc(NC(=O)NCCN(C)CCC(=O)O)c1. The zero-order valence-corrected chi connectivity index (χ0v) is 21.0. The van der Waals surface area contributed by atoms with Crippen LogP contribution in [0.2, 0.25) is 10.0 Å². The lowest BCUT2D eigenvalue weighted by molar-refractivity contribution is -0.137. The van der Waals surface area contributed by atoms with Gasteiger partial charge in [0.15, 0.2) is 6.10 Å². The second kappa shape index (κ2) is 14.3. The molecular formula is C23H29Cl2N5O5. The van der Waals surface area contributed by atoms with E-state index in [1.165, 1.54) is 12.3 Å². The van der Waals surface area contributed by atoms with Crippen molar-refractivity contribution in [3.8, 4) is 5.88 Å². The Bertz CT molecular complexity index is 1020. The standard InChI is InChI=1S/C23H29Cl2N5O5/c1-3-19(35-22-18(25)12-16(24)14-28-22)21(33)27-13-15-5-4-6-17(11-15)29-23(34)26-8-10-30(2)9-7-20(31)32/h4-6,11-12,14,19H,3,7-10,13H2,1-2H3,(H,27,33)(H,31,32)(H2,26,29,34). The highest BCUT2D eigenvalue weighted by Crippen LogP contribution is 2.25. The second-order valence-electron chi connectivity index (χ2n) is 7.70. The summed E-state index contributed by atoms with van der Waals surface area (Å²) in [7, 11) is 1.79. The number of hydrogen-bond donors (Lipinski definition) is 4. The predicted molar refractivity (Wildman–Crippen MR) is 134 cm³/mol. The maximum absolute atomic E-state index is 12.6. The first kappa shape index (κ1) is 28.2. The Morgan fingerprint density at radius 2 is 1.94 bits per heavy atom. The topological polar surface area (TPSA) is 133 Å². The van der Waals surface area contributed by atoms with Crippen LogP contribution in [-0.2, 0) is 16.1 Å². The molecular weight excluding hydrogens is 497 g/mol. The molecule has 0 saturated carbocycles. The van der Waals surface area contributed by atoms with E-state index in [0.717, 1.165) is 5.56 Å². The molecule has 35 heavy (non-hydrogen) atoms. The minimum atomic E-state index is -0.862. The monoisotopic (exact) mass is 525 g/mol. The van der Waals surface area contributed by atoms with Crippen LogP contribution in [0.1, 0.15) is 25.3 Å². The first-order valence-corrected chi connectivity index (χ1v) is 11.7. The Balaban J connectivity index is 1.81. The van der Waals surface area contributed by atoms with Crippen molar-refractivity contribution in [2.45, 2.75) is 32.4 Å². The van der Waals surface area contributed by atoms with E-state index in [-0.39, 0.29) is 35.8 Å². The van der Waals surface area contributed by atoms with E-state index in [9.17, 15) is 14.4 Å². The van der Waals surface area contributed by atoms with Gasteiger partial charge in [0, 0.05) is 38.1 Å². The molecule has 1 atom stereocenters. The Labute approximate surface area is 213 Å². The second-order valence-corrected chi connectivity index (χ2v) is 8.54. The van der Waals surface area contributed by atoms with E-state index in [2.05, 4.69) is 20.9 Å². The lowest BCUT2D eigenvalue weighted by Crippen LogP contribution is -2.38. The lowest BCUT2D eigenvalue weighted by Gasteiger charge is -2.17. The molecule has 0 aliphatic carbocycles. The van der Waals surface area contributed by atoms with Gasteiger partial charge < -0.3 is 30.7 Å². The maximum Gasteiger partial charge on any atom is 0.319 e. The van der Waals surface area contributed by atoms with Crippen LogP contribution in [0.15, 0.2) is 36.5 Å². The summed E-state index contributed by atoms with van der Waals surface area (Å²) in [6, 6.07) is 8.17. The number of rotatable bonds is 13. The van der Waals surface area contributed by atoms with E-state index < -0.39 is 12.1 Å². The Morgan fingerprint density at radius 1 is 1.17 bits per heavy atom. The number of likely N-dealkylation sites (N-methyl/N-ethyl adjacent to an activating group) is 1. The minimum absolute atomic E-state index is 0.0446. The van der Waals surface area contributed by atoms with Gasteiger partial charge in [-0.2, -0.15) is 0 Å². The average molecular weight is 526 g/mol. The Hall–Kier alpha value is -3.08. The third kappa shape index (κ3) is 10.4. The molecule has 0 spiro atoms. The molecule has 3 amide bonds. The summed E-state index contributed by atoms with van der Waals surface area (Å²) in [5.41, 5.74) is 1.34. The number of amides is 3. The highest BCUT2D eigenvalue weighted by atomic mass is 35.5. The van der Waals surface area contributed by atoms with Crippen LogP contribution >= 0.6 is 23.2 Å². The molecule has 2 aromatic rings. The molecule has 0 saturated heterocycles. The van der Waals surface area contributed by atoms with Gasteiger partial charge in [-0.15, -0.1) is 0 Å². The molecule has 1 unspecified atom stereocenters. The largest absolute Gasteiger partial charge is 0.481 e. The molecule has 0 aliphatic rings. The van der Waals surface area contributed by atoms with Crippen LogP contribution in [-0.4, -0.2) is 65.7 Å². The summed E-state index contributed by atoms with van der Waals surface area (Å²) < 4.78 is 5.65. The number of ether oxygens (including phenoxy) is 1. The first-order chi connectivity index (χ1) is 16.7. The van der Waals surface area contributed by atoms with Crippen LogP contribution in [0.4, 0.5) is 10.5 Å². The van der Waals surface area contributed by atoms with E-state index in [1.807, 2.05) is 11.0 Å². The molecule has 0 bridgehead atoms. The van der Waals surface area contributed by atoms with E-state index in [1.54, 1.807) is 32.2 Å². The van der Waals surface area contributed by atoms with Crippen molar-refractivity contribution in [1.29, 1.82) is 0 Å². The van der Waals surface area contributed by atoms with Gasteiger partial charge in [0.05, 0.1) is 11.4 Å². The molecule has 10 nitrogen and oxygen atoms in total. The van der Waals surface area contributed by atoms with Crippen molar-refractivity contribution in [1.82, 2.24) is 20.5 Å². The number of urea groups is 1. The average Bonchev–Trinajstić information content (AvgIpc) is 2.81. The number of carbonyl (C=O) groups excluding carboxylic acids is 2. The summed E-state index contributed by atoms with van der Waals surface area (Å²) in [6.07, 6.45) is 1.05. The molecule has 190 valence electrons. The van der Waals surface area contributed by atoms with Gasteiger partial charge in [-0.3, -0.25) is 9.59 Å². The van der Waals surface area contributed by atoms with Crippen LogP contribution in [0.25, 0.3) is 0 Å². The number of halogens is 2. The van der Waals surface area contributed by atoms with E-state index >= 15 is 0 Å². The normalized spacial score (nSPS) is 11.6. The van der Waals surface area contributed by atoms with Crippen LogP contribution in [0, 0.1) is 0 Å². The Kier molecular flexibility index (Phi) is 11.5. The van der Waals surface area contributed by atoms with Gasteiger partial charge >= 0.3 is 12.0 Å². The molecule has 1 heterocycles. The molecule has 4 N–H and O–H groups in total. The van der Waals surface area contributed by atoms with Crippen molar-refractivity contribution in [3.63, 3.8) is 0 Å². The number of nitrogens with one attached hydrogen (secondary N) is 3. The number of pyridine rings is 1. The summed E-state index contributed by atoms with van der Waals surface area (Å²) in [5, 5.41) is 17.6. The number of aromatic nitrogens is 1. The number of carbonyl (C=O) groups is 3. The molecule has 0 aliphatic heterocycles. The molecule has 1 aromatic heterocycles. The fraction of sp³-hybridized carbons (Fsp3) is 0.391. The quantitative estimate of drug-likeness (QED) is 0.315. The van der Waals surface area contributed by atoms with Crippen molar-refractivity contribution >= 4 is 46.8 Å². The van der Waals surface area contributed by atoms with Gasteiger partial charge in [0.2, 0.25) is 5.88 Å². The number of benzene rings is 1. The van der Waals surface area contributed by atoms with Crippen molar-refractivity contribution in [2.75, 3.05) is 32.0 Å². The zero-order chi connectivity index (χ0) is 25.8. The molecule has 0 radical (unpaired) electrons. The number of carboxylic acids is 1. The molecule has 2 rings (SSSR count). The van der Waals surface area contributed by atoms with Crippen molar-refractivity contribution < 1.29 is 24.2 Å². The maximum atomic E-state index is 12.6. The first-order valence-electron chi connectivity index (χ1n) is 11.0. The molecule has 0 fully saturated rings. The van der Waals surface area contributed by atoms with Gasteiger partial charge in [-0.25, -0.2) is 9.78 Å². The number of anilines is 1. The van der Waals surface area contributed by atoms with Crippen LogP contribution in [0.5, 0.6) is 5.88 Å². The number of nitrogens with zero attached hydrogens (tertiary/aromatic N) is 2. The van der Waals surface area contributed by atoms with Gasteiger partial charge in [0.1, 0.15) is 5.02 Å². The van der Waals surface area contributed by atoms with Crippen molar-refractivity contribution in [3.05, 3.63) is 52.1 Å². The van der Waals surface area contributed by atoms with Gasteiger partial charge in [-0.05, 0) is 37.2 Å². The highest BCUT2D eigenvalue weighted by molar-refractivity contribution is 6.35. The predicted octanol–water partition coefficient (Wildman–Crippen LogP) is 3.39. The number of aliphatic carboxylic acids is 1. The fourth-order valence-corrected chi connectivity index (χ4v) is 3.37. The third-order valence-electron chi connectivity index (χ3n) is 4.83. The van der Waals surface area contributed by atoms with Crippen LogP contribution < -0.4 is 20.7 Å². The van der Waals surface area contributed by atoms with Gasteiger partial charge in [0.25, 0.3) is 5.91 Å². The molecule has 12 heteroatoms. The summed E-state index contributed by atoms with van der Waals surface area (Å²) in [6.45, 7) is 3.32. The number of carboxylic acid groups (broad SMARTS) is 1. The van der Waals surface area contributed by atoms with E-state index in [4.69, 9.17) is 33.0 Å². The van der Waals surface area contributed by atoms with Crippen molar-refractivity contribution in [2.24, 2.45) is 0 Å².